The molecule has 1 saturated heterocycles. The summed E-state index contributed by atoms with van der Waals surface area (Å²) in [6.45, 7) is 3.36. The molecule has 1 N–H and O–H groups in total. The third-order valence-corrected chi connectivity index (χ3v) is 3.69. The zero-order valence-electron chi connectivity index (χ0n) is 11.0. The summed E-state index contributed by atoms with van der Waals surface area (Å²) >= 11 is 0. The Bertz CT molecular complexity index is 427. The van der Waals surface area contributed by atoms with Crippen LogP contribution in [0, 0.1) is 0 Å². The molecule has 2 aliphatic heterocycles. The lowest BCUT2D eigenvalue weighted by molar-refractivity contribution is 0.0303. The minimum absolute atomic E-state index is 0.339. The number of benzene rings is 1. The van der Waals surface area contributed by atoms with Gasteiger partial charge in [-0.2, -0.15) is 0 Å². The van der Waals surface area contributed by atoms with E-state index in [0.29, 0.717) is 12.8 Å². The number of nitrogens with zero attached hydrogens (tertiary/aromatic N) is 1. The average molecular weight is 260 g/mol. The van der Waals surface area contributed by atoms with E-state index in [0.717, 1.165) is 38.4 Å². The Morgan fingerprint density at radius 2 is 1.95 bits per heavy atom. The molecule has 1 aromatic rings. The van der Waals surface area contributed by atoms with Crippen molar-refractivity contribution in [2.45, 2.75) is 25.4 Å². The lowest BCUT2D eigenvalue weighted by Gasteiger charge is -2.35. The van der Waals surface area contributed by atoms with Gasteiger partial charge in [-0.3, -0.25) is 0 Å². The summed E-state index contributed by atoms with van der Waals surface area (Å²) < 4.78 is 10.8. The fraction of sp³-hybridized carbons (Fsp3) is 0.467. The fourth-order valence-electron chi connectivity index (χ4n) is 2.67. The lowest BCUT2D eigenvalue weighted by Crippen LogP contribution is -2.42. The van der Waals surface area contributed by atoms with Crippen molar-refractivity contribution in [3.63, 3.8) is 0 Å². The highest BCUT2D eigenvalue weighted by Crippen LogP contribution is 2.23. The Labute approximate surface area is 114 Å². The summed E-state index contributed by atoms with van der Waals surface area (Å²) in [4.78, 5) is 2.34. The molecule has 19 heavy (non-hydrogen) atoms. The maximum atomic E-state index is 5.58. The predicted octanol–water partition coefficient (Wildman–Crippen LogP) is 2.04. The highest BCUT2D eigenvalue weighted by molar-refractivity contribution is 5.16. The summed E-state index contributed by atoms with van der Waals surface area (Å²) in [5, 5.41) is 3.41. The first-order valence-corrected chi connectivity index (χ1v) is 6.89. The summed E-state index contributed by atoms with van der Waals surface area (Å²) in [5.41, 5.74) is 1.30. The minimum atomic E-state index is 0.339. The predicted molar refractivity (Wildman–Crippen MR) is 73.0 cm³/mol. The van der Waals surface area contributed by atoms with Gasteiger partial charge in [0.05, 0.1) is 0 Å². The third-order valence-electron chi connectivity index (χ3n) is 3.69. The molecular weight excluding hydrogens is 240 g/mol. The van der Waals surface area contributed by atoms with Crippen molar-refractivity contribution < 1.29 is 9.47 Å². The number of piperidine rings is 1. The molecule has 0 aromatic heterocycles. The number of ether oxygens (including phenoxy) is 2. The van der Waals surface area contributed by atoms with Gasteiger partial charge in [-0.05, 0) is 31.5 Å². The second-order valence-electron chi connectivity index (χ2n) is 4.98. The van der Waals surface area contributed by atoms with Gasteiger partial charge in [0.15, 0.2) is 0 Å². The molecule has 0 radical (unpaired) electrons. The second-order valence-corrected chi connectivity index (χ2v) is 4.98. The fourth-order valence-corrected chi connectivity index (χ4v) is 2.67. The molecule has 2 heterocycles. The van der Waals surface area contributed by atoms with Gasteiger partial charge < -0.3 is 19.7 Å². The van der Waals surface area contributed by atoms with Crippen molar-refractivity contribution in [2.75, 3.05) is 19.9 Å². The summed E-state index contributed by atoms with van der Waals surface area (Å²) in [6, 6.07) is 11.0. The molecule has 1 fully saturated rings. The van der Waals surface area contributed by atoms with Crippen LogP contribution in [0.4, 0.5) is 0 Å². The number of nitrogens with one attached hydrogen (secondary N) is 1. The van der Waals surface area contributed by atoms with E-state index >= 15 is 0 Å². The van der Waals surface area contributed by atoms with Crippen LogP contribution in [0.25, 0.3) is 0 Å². The van der Waals surface area contributed by atoms with E-state index in [9.17, 15) is 0 Å². The summed E-state index contributed by atoms with van der Waals surface area (Å²) in [7, 11) is 0. The molecule has 0 spiro atoms. The first kappa shape index (κ1) is 12.4. The first-order chi connectivity index (χ1) is 9.43. The van der Waals surface area contributed by atoms with Gasteiger partial charge in [0, 0.05) is 12.6 Å². The Morgan fingerprint density at radius 3 is 2.63 bits per heavy atom. The SMILES string of the molecule is C1=C(N(Cc2ccccc2)C2CCNCC2)OCO1. The molecule has 0 unspecified atom stereocenters. The average Bonchev–Trinajstić information content (AvgIpc) is 3.01. The van der Waals surface area contributed by atoms with Crippen LogP contribution >= 0.6 is 0 Å². The normalized spacial score (nSPS) is 19.5. The van der Waals surface area contributed by atoms with Crippen LogP contribution in [-0.4, -0.2) is 30.8 Å². The number of hydrogen-bond donors (Lipinski definition) is 1. The van der Waals surface area contributed by atoms with Crippen LogP contribution in [0.5, 0.6) is 0 Å². The van der Waals surface area contributed by atoms with E-state index in [1.807, 2.05) is 6.07 Å². The zero-order chi connectivity index (χ0) is 12.9. The quantitative estimate of drug-likeness (QED) is 0.898. The molecule has 1 aromatic carbocycles. The Hall–Kier alpha value is -1.68. The van der Waals surface area contributed by atoms with Crippen molar-refractivity contribution in [1.82, 2.24) is 10.2 Å². The molecule has 3 rings (SSSR count). The largest absolute Gasteiger partial charge is 0.459 e. The van der Waals surface area contributed by atoms with E-state index in [-0.39, 0.29) is 0 Å². The van der Waals surface area contributed by atoms with Crippen molar-refractivity contribution in [1.29, 1.82) is 0 Å². The maximum Gasteiger partial charge on any atom is 0.232 e. The molecule has 2 aliphatic rings. The monoisotopic (exact) mass is 260 g/mol. The second kappa shape index (κ2) is 5.97. The first-order valence-electron chi connectivity index (χ1n) is 6.89. The maximum absolute atomic E-state index is 5.58. The Morgan fingerprint density at radius 1 is 1.16 bits per heavy atom. The molecule has 0 aliphatic carbocycles. The third kappa shape index (κ3) is 3.01. The smallest absolute Gasteiger partial charge is 0.232 e. The van der Waals surface area contributed by atoms with Crippen LogP contribution in [0.2, 0.25) is 0 Å². The number of hydrogen-bond acceptors (Lipinski definition) is 4. The topological polar surface area (TPSA) is 33.7 Å². The Kier molecular flexibility index (Phi) is 3.89. The van der Waals surface area contributed by atoms with E-state index in [2.05, 4.69) is 34.5 Å². The van der Waals surface area contributed by atoms with Gasteiger partial charge in [-0.25, -0.2) is 0 Å². The van der Waals surface area contributed by atoms with Gasteiger partial charge in [0.2, 0.25) is 12.7 Å². The molecule has 0 saturated carbocycles. The molecule has 0 amide bonds. The van der Waals surface area contributed by atoms with Crippen molar-refractivity contribution >= 4 is 0 Å². The van der Waals surface area contributed by atoms with Crippen molar-refractivity contribution in [2.24, 2.45) is 0 Å². The van der Waals surface area contributed by atoms with Crippen LogP contribution < -0.4 is 5.32 Å². The molecule has 0 atom stereocenters. The van der Waals surface area contributed by atoms with Gasteiger partial charge >= 0.3 is 0 Å². The van der Waals surface area contributed by atoms with Crippen molar-refractivity contribution in [3.05, 3.63) is 48.0 Å². The molecule has 102 valence electrons. The summed E-state index contributed by atoms with van der Waals surface area (Å²) in [6.07, 6.45) is 4.03. The number of rotatable bonds is 4. The highest BCUT2D eigenvalue weighted by Gasteiger charge is 2.26. The standard InChI is InChI=1S/C15H20N2O2/c1-2-4-13(5-3-1)10-17(15-11-18-12-19-15)14-6-8-16-9-7-14/h1-5,11,14,16H,6-10,12H2. The minimum Gasteiger partial charge on any atom is -0.459 e. The highest BCUT2D eigenvalue weighted by atomic mass is 16.7. The van der Waals surface area contributed by atoms with Crippen LogP contribution in [0.1, 0.15) is 18.4 Å². The van der Waals surface area contributed by atoms with Gasteiger partial charge in [-0.15, -0.1) is 0 Å². The van der Waals surface area contributed by atoms with E-state index in [1.54, 1.807) is 6.26 Å². The summed E-state index contributed by atoms with van der Waals surface area (Å²) in [5.74, 6) is 0.871. The van der Waals surface area contributed by atoms with Gasteiger partial charge in [0.1, 0.15) is 6.26 Å². The van der Waals surface area contributed by atoms with E-state index in [4.69, 9.17) is 9.47 Å². The van der Waals surface area contributed by atoms with E-state index < -0.39 is 0 Å². The van der Waals surface area contributed by atoms with Gasteiger partial charge in [-0.1, -0.05) is 30.3 Å². The lowest BCUT2D eigenvalue weighted by atomic mass is 10.0. The van der Waals surface area contributed by atoms with E-state index in [1.165, 1.54) is 5.56 Å². The zero-order valence-corrected chi connectivity index (χ0v) is 11.0. The van der Waals surface area contributed by atoms with Gasteiger partial charge in [0.25, 0.3) is 0 Å². The van der Waals surface area contributed by atoms with Crippen molar-refractivity contribution in [3.8, 4) is 0 Å². The van der Waals surface area contributed by atoms with Crippen LogP contribution in [0.3, 0.4) is 0 Å². The van der Waals surface area contributed by atoms with Crippen LogP contribution in [-0.2, 0) is 16.0 Å². The molecule has 4 nitrogen and oxygen atoms in total. The molecule has 0 bridgehead atoms. The molecule has 4 heteroatoms. The molecular formula is C15H20N2O2. The van der Waals surface area contributed by atoms with Crippen LogP contribution in [0.15, 0.2) is 42.5 Å². The Balaban J connectivity index is 1.75.